The normalized spacial score (nSPS) is 21.2. The number of piperidine rings is 1. The fraction of sp³-hybridized carbons (Fsp3) is 0.647. The van der Waals surface area contributed by atoms with E-state index < -0.39 is 0 Å². The Morgan fingerprint density at radius 3 is 2.54 bits per heavy atom. The summed E-state index contributed by atoms with van der Waals surface area (Å²) in [7, 11) is 0. The van der Waals surface area contributed by atoms with Crippen LogP contribution in [0.3, 0.4) is 0 Å². The van der Waals surface area contributed by atoms with E-state index in [-0.39, 0.29) is 5.69 Å². The number of nitrogens with one attached hydrogen (secondary N) is 2. The third-order valence-corrected chi connectivity index (χ3v) is 5.57. The van der Waals surface area contributed by atoms with Crippen molar-refractivity contribution in [2.45, 2.75) is 56.8 Å². The van der Waals surface area contributed by atoms with E-state index in [1.165, 1.54) is 36.3 Å². The maximum Gasteiger partial charge on any atom is 0.340 e. The summed E-state index contributed by atoms with van der Waals surface area (Å²) in [5.41, 5.74) is 2.46. The number of hydrogen-bond donors (Lipinski definition) is 2. The van der Waals surface area contributed by atoms with Gasteiger partial charge >= 0.3 is 5.69 Å². The van der Waals surface area contributed by atoms with Crippen LogP contribution in [-0.4, -0.2) is 38.2 Å². The predicted molar refractivity (Wildman–Crippen MR) is 89.4 cm³/mol. The molecular weight excluding hydrogens is 304 g/mol. The van der Waals surface area contributed by atoms with E-state index in [0.717, 1.165) is 50.4 Å². The highest BCUT2D eigenvalue weighted by molar-refractivity contribution is 5.52. The van der Waals surface area contributed by atoms with Crippen LogP contribution in [0.2, 0.25) is 0 Å². The van der Waals surface area contributed by atoms with Gasteiger partial charge in [0.05, 0.1) is 0 Å². The Labute approximate surface area is 139 Å². The molecule has 2 aliphatic carbocycles. The van der Waals surface area contributed by atoms with Crippen LogP contribution >= 0.6 is 0 Å². The number of nitrogens with zero attached hydrogens (tertiary/aromatic N) is 4. The van der Waals surface area contributed by atoms with Gasteiger partial charge in [-0.3, -0.25) is 4.98 Å². The van der Waals surface area contributed by atoms with Crippen molar-refractivity contribution >= 4 is 5.82 Å². The largest absolute Gasteiger partial charge is 0.356 e. The second-order valence-corrected chi connectivity index (χ2v) is 7.28. The first-order chi connectivity index (χ1) is 11.8. The number of rotatable bonds is 3. The van der Waals surface area contributed by atoms with Crippen molar-refractivity contribution in [3.63, 3.8) is 0 Å². The molecule has 2 aromatic heterocycles. The number of aryl methyl sites for hydroxylation is 1. The molecule has 126 valence electrons. The van der Waals surface area contributed by atoms with E-state index in [4.69, 9.17) is 9.97 Å². The van der Waals surface area contributed by atoms with E-state index in [1.54, 1.807) is 0 Å². The first-order valence-electron chi connectivity index (χ1n) is 9.07. The van der Waals surface area contributed by atoms with Crippen LogP contribution in [0.25, 0.3) is 0 Å². The Bertz CT molecular complexity index is 813. The Morgan fingerprint density at radius 1 is 1.00 bits per heavy atom. The molecular formula is C17H22N6O. The second kappa shape index (κ2) is 5.43. The van der Waals surface area contributed by atoms with Gasteiger partial charge in [-0.1, -0.05) is 0 Å². The van der Waals surface area contributed by atoms with E-state index in [1.807, 2.05) is 0 Å². The molecule has 0 spiro atoms. The Hall–Kier alpha value is -2.18. The summed E-state index contributed by atoms with van der Waals surface area (Å²) in [6.07, 6.45) is 7.91. The molecule has 2 fully saturated rings. The van der Waals surface area contributed by atoms with Crippen molar-refractivity contribution < 1.29 is 0 Å². The number of fused-ring (bicyclic) bond motifs is 1. The van der Waals surface area contributed by atoms with Gasteiger partial charge in [0.15, 0.2) is 0 Å². The summed E-state index contributed by atoms with van der Waals surface area (Å²) in [5.74, 6) is 3.99. The monoisotopic (exact) mass is 326 g/mol. The van der Waals surface area contributed by atoms with Gasteiger partial charge in [0.2, 0.25) is 0 Å². The van der Waals surface area contributed by atoms with Gasteiger partial charge in [0, 0.05) is 36.2 Å². The summed E-state index contributed by atoms with van der Waals surface area (Å²) in [4.78, 5) is 26.3. The first-order valence-corrected chi connectivity index (χ1v) is 9.07. The van der Waals surface area contributed by atoms with Crippen molar-refractivity contribution in [1.82, 2.24) is 25.1 Å². The highest BCUT2D eigenvalue weighted by Crippen LogP contribution is 2.41. The highest BCUT2D eigenvalue weighted by Gasteiger charge is 2.32. The number of H-pyrrole nitrogens is 2. The van der Waals surface area contributed by atoms with Crippen molar-refractivity contribution in [3.8, 4) is 0 Å². The molecule has 2 aromatic rings. The number of aromatic nitrogens is 5. The lowest BCUT2D eigenvalue weighted by molar-refractivity contribution is 0.483. The molecule has 0 radical (unpaired) electrons. The number of anilines is 1. The molecule has 2 N–H and O–H groups in total. The highest BCUT2D eigenvalue weighted by atomic mass is 16.1. The molecule has 7 heteroatoms. The molecule has 3 heterocycles. The molecule has 24 heavy (non-hydrogen) atoms. The summed E-state index contributed by atoms with van der Waals surface area (Å²) < 4.78 is 0. The zero-order valence-corrected chi connectivity index (χ0v) is 13.7. The van der Waals surface area contributed by atoms with Crippen LogP contribution in [0.4, 0.5) is 5.82 Å². The van der Waals surface area contributed by atoms with Crippen LogP contribution in [0.1, 0.15) is 66.8 Å². The van der Waals surface area contributed by atoms with Gasteiger partial charge in [-0.05, 0) is 44.9 Å². The number of hydrogen-bond acceptors (Lipinski definition) is 5. The van der Waals surface area contributed by atoms with Crippen LogP contribution in [0.5, 0.6) is 0 Å². The fourth-order valence-electron chi connectivity index (χ4n) is 4.06. The maximum absolute atomic E-state index is 11.3. The molecule has 3 aliphatic rings. The van der Waals surface area contributed by atoms with Gasteiger partial charge in [-0.15, -0.1) is 0 Å². The van der Waals surface area contributed by atoms with Gasteiger partial charge in [-0.25, -0.2) is 19.9 Å². The molecule has 0 amide bonds. The van der Waals surface area contributed by atoms with Crippen molar-refractivity contribution in [2.75, 3.05) is 18.0 Å². The average molecular weight is 326 g/mol. The smallest absolute Gasteiger partial charge is 0.340 e. The summed E-state index contributed by atoms with van der Waals surface area (Å²) in [6.45, 7) is 1.93. The lowest BCUT2D eigenvalue weighted by Crippen LogP contribution is -2.35. The second-order valence-electron chi connectivity index (χ2n) is 7.28. The molecule has 0 atom stereocenters. The molecule has 7 nitrogen and oxygen atoms in total. The fourth-order valence-corrected chi connectivity index (χ4v) is 4.06. The van der Waals surface area contributed by atoms with Crippen LogP contribution in [-0.2, 0) is 12.8 Å². The topological polar surface area (TPSA) is 90.6 Å². The Kier molecular flexibility index (Phi) is 3.21. The minimum absolute atomic E-state index is 0.213. The van der Waals surface area contributed by atoms with Crippen LogP contribution in [0.15, 0.2) is 4.79 Å². The maximum atomic E-state index is 11.3. The minimum atomic E-state index is -0.213. The van der Waals surface area contributed by atoms with Crippen molar-refractivity contribution in [3.05, 3.63) is 33.4 Å². The standard InChI is InChI=1S/C17H22N6O/c24-17-20-15(21-22-17)11-6-8-23(9-7-11)16-12-2-1-3-13(12)18-14(19-16)10-4-5-10/h10-11H,1-9H2,(H2,20,21,22,24). The third kappa shape index (κ3) is 2.42. The molecule has 0 unspecified atom stereocenters. The van der Waals surface area contributed by atoms with E-state index >= 15 is 0 Å². The van der Waals surface area contributed by atoms with Crippen molar-refractivity contribution in [2.24, 2.45) is 0 Å². The zero-order chi connectivity index (χ0) is 16.1. The van der Waals surface area contributed by atoms with E-state index in [0.29, 0.717) is 11.8 Å². The van der Waals surface area contributed by atoms with Crippen LogP contribution < -0.4 is 10.6 Å². The molecule has 0 bridgehead atoms. The number of aromatic amines is 2. The lowest BCUT2D eigenvalue weighted by Gasteiger charge is -2.33. The summed E-state index contributed by atoms with van der Waals surface area (Å²) in [5, 5.41) is 6.58. The third-order valence-electron chi connectivity index (χ3n) is 5.57. The molecule has 5 rings (SSSR count). The first kappa shape index (κ1) is 14.2. The Morgan fingerprint density at radius 2 is 1.83 bits per heavy atom. The van der Waals surface area contributed by atoms with Crippen molar-refractivity contribution in [1.29, 1.82) is 0 Å². The van der Waals surface area contributed by atoms with E-state index in [2.05, 4.69) is 20.1 Å². The van der Waals surface area contributed by atoms with Crippen LogP contribution in [0, 0.1) is 0 Å². The minimum Gasteiger partial charge on any atom is -0.356 e. The molecule has 1 aliphatic heterocycles. The van der Waals surface area contributed by atoms with E-state index in [9.17, 15) is 4.79 Å². The molecule has 0 aromatic carbocycles. The van der Waals surface area contributed by atoms with Gasteiger partial charge < -0.3 is 4.90 Å². The predicted octanol–water partition coefficient (Wildman–Crippen LogP) is 1.64. The summed E-state index contributed by atoms with van der Waals surface area (Å²) >= 11 is 0. The summed E-state index contributed by atoms with van der Waals surface area (Å²) in [6, 6.07) is 0. The Balaban J connectivity index is 1.39. The lowest BCUT2D eigenvalue weighted by atomic mass is 9.96. The molecule has 1 saturated heterocycles. The quantitative estimate of drug-likeness (QED) is 0.895. The zero-order valence-electron chi connectivity index (χ0n) is 13.7. The van der Waals surface area contributed by atoms with Gasteiger partial charge in [0.25, 0.3) is 0 Å². The SMILES string of the molecule is O=c1[nH]nc(C2CCN(c3nc(C4CC4)nc4c3CCC4)CC2)[nH]1. The van der Waals surface area contributed by atoms with Gasteiger partial charge in [0.1, 0.15) is 17.5 Å². The molecule has 1 saturated carbocycles. The average Bonchev–Trinajstić information content (AvgIpc) is 3.19. The van der Waals surface area contributed by atoms with Gasteiger partial charge in [-0.2, -0.15) is 5.10 Å².